The molecule has 1 heterocycles. The van der Waals surface area contributed by atoms with Crippen molar-refractivity contribution < 1.29 is 14.3 Å². The molecule has 0 spiro atoms. The molecule has 1 aliphatic carbocycles. The molecule has 1 saturated carbocycles. The molecule has 6 heteroatoms. The largest absolute Gasteiger partial charge is 0.391 e. The van der Waals surface area contributed by atoms with Gasteiger partial charge in [0.2, 0.25) is 5.91 Å². The molecule has 23 heavy (non-hydrogen) atoms. The number of hydrogen-bond donors (Lipinski definition) is 2. The Morgan fingerprint density at radius 3 is 2.39 bits per heavy atom. The zero-order chi connectivity index (χ0) is 16.4. The second-order valence-corrected chi connectivity index (χ2v) is 6.53. The molecule has 126 valence electrons. The second-order valence-electron chi connectivity index (χ2n) is 6.53. The molecule has 2 fully saturated rings. The van der Waals surface area contributed by atoms with E-state index in [1.54, 1.807) is 12.1 Å². The van der Waals surface area contributed by atoms with Crippen LogP contribution in [0.3, 0.4) is 0 Å². The number of hydrogen-bond acceptors (Lipinski definition) is 4. The van der Waals surface area contributed by atoms with Crippen LogP contribution in [-0.2, 0) is 4.79 Å². The van der Waals surface area contributed by atoms with Crippen LogP contribution in [0.1, 0.15) is 19.3 Å². The van der Waals surface area contributed by atoms with Gasteiger partial charge < -0.3 is 20.6 Å². The summed E-state index contributed by atoms with van der Waals surface area (Å²) in [7, 11) is 0. The smallest absolute Gasteiger partial charge is 0.225 e. The number of nitrogens with zero attached hydrogens (tertiary/aromatic N) is 2. The molecule has 1 saturated heterocycles. The van der Waals surface area contributed by atoms with Crippen molar-refractivity contribution in [2.45, 2.75) is 31.4 Å². The van der Waals surface area contributed by atoms with E-state index in [1.165, 1.54) is 12.1 Å². The maximum atomic E-state index is 13.0. The lowest BCUT2D eigenvalue weighted by Gasteiger charge is -2.39. The molecule has 1 aliphatic heterocycles. The molecule has 1 aromatic carbocycles. The minimum Gasteiger partial charge on any atom is -0.391 e. The van der Waals surface area contributed by atoms with Crippen molar-refractivity contribution in [3.8, 4) is 0 Å². The first-order valence-electron chi connectivity index (χ1n) is 8.27. The summed E-state index contributed by atoms with van der Waals surface area (Å²) in [6.07, 6.45) is 1.36. The fraction of sp³-hybridized carbons (Fsp3) is 0.588. The van der Waals surface area contributed by atoms with Crippen molar-refractivity contribution >= 4 is 11.6 Å². The fourth-order valence-electron chi connectivity index (χ4n) is 3.49. The van der Waals surface area contributed by atoms with Gasteiger partial charge in [-0.2, -0.15) is 0 Å². The highest BCUT2D eigenvalue weighted by atomic mass is 19.1. The minimum absolute atomic E-state index is 0.109. The monoisotopic (exact) mass is 321 g/mol. The second kappa shape index (κ2) is 6.84. The highest BCUT2D eigenvalue weighted by Crippen LogP contribution is 2.26. The van der Waals surface area contributed by atoms with E-state index in [0.29, 0.717) is 25.9 Å². The van der Waals surface area contributed by atoms with Crippen molar-refractivity contribution in [1.82, 2.24) is 4.90 Å². The number of carbonyl (C=O) groups excluding carboxylic acids is 1. The predicted molar refractivity (Wildman–Crippen MR) is 86.5 cm³/mol. The Morgan fingerprint density at radius 1 is 1.13 bits per heavy atom. The lowest BCUT2D eigenvalue weighted by atomic mass is 9.83. The first kappa shape index (κ1) is 16.2. The van der Waals surface area contributed by atoms with Crippen LogP contribution < -0.4 is 10.6 Å². The Hall–Kier alpha value is -1.66. The van der Waals surface area contributed by atoms with Gasteiger partial charge in [-0.05, 0) is 43.5 Å². The summed E-state index contributed by atoms with van der Waals surface area (Å²) in [6, 6.07) is 6.26. The van der Waals surface area contributed by atoms with E-state index in [2.05, 4.69) is 4.90 Å². The van der Waals surface area contributed by atoms with Crippen LogP contribution in [0.4, 0.5) is 10.1 Å². The Morgan fingerprint density at radius 2 is 1.78 bits per heavy atom. The maximum Gasteiger partial charge on any atom is 0.225 e. The number of piperazine rings is 1. The average molecular weight is 321 g/mol. The number of aliphatic hydroxyl groups is 1. The molecule has 0 radical (unpaired) electrons. The van der Waals surface area contributed by atoms with Crippen molar-refractivity contribution in [3.63, 3.8) is 0 Å². The molecule has 5 nitrogen and oxygen atoms in total. The van der Waals surface area contributed by atoms with E-state index in [-0.39, 0.29) is 23.7 Å². The lowest BCUT2D eigenvalue weighted by molar-refractivity contribution is -0.138. The van der Waals surface area contributed by atoms with Gasteiger partial charge in [-0.15, -0.1) is 0 Å². The van der Waals surface area contributed by atoms with Gasteiger partial charge >= 0.3 is 0 Å². The first-order chi connectivity index (χ1) is 11.0. The first-order valence-corrected chi connectivity index (χ1v) is 8.27. The number of amides is 1. The van der Waals surface area contributed by atoms with Gasteiger partial charge in [0.15, 0.2) is 0 Å². The normalized spacial score (nSPS) is 28.7. The van der Waals surface area contributed by atoms with E-state index < -0.39 is 6.10 Å². The molecule has 3 rings (SSSR count). The van der Waals surface area contributed by atoms with Gasteiger partial charge in [-0.1, -0.05) is 0 Å². The predicted octanol–water partition coefficient (Wildman–Crippen LogP) is 0.963. The third-order valence-corrected chi connectivity index (χ3v) is 5.00. The Balaban J connectivity index is 1.54. The minimum atomic E-state index is -0.571. The summed E-state index contributed by atoms with van der Waals surface area (Å²) >= 11 is 0. The van der Waals surface area contributed by atoms with Crippen molar-refractivity contribution in [1.29, 1.82) is 0 Å². The van der Waals surface area contributed by atoms with Gasteiger partial charge in [-0.25, -0.2) is 4.39 Å². The molecule has 0 aromatic heterocycles. The van der Waals surface area contributed by atoms with Crippen LogP contribution in [0.5, 0.6) is 0 Å². The van der Waals surface area contributed by atoms with Gasteiger partial charge in [0.25, 0.3) is 0 Å². The lowest BCUT2D eigenvalue weighted by Crippen LogP contribution is -2.52. The van der Waals surface area contributed by atoms with E-state index in [9.17, 15) is 14.3 Å². The van der Waals surface area contributed by atoms with Crippen molar-refractivity contribution in [2.75, 3.05) is 31.1 Å². The average Bonchev–Trinajstić information content (AvgIpc) is 2.57. The van der Waals surface area contributed by atoms with Crippen LogP contribution in [0.25, 0.3) is 0 Å². The number of halogens is 1. The molecule has 2 aliphatic rings. The van der Waals surface area contributed by atoms with Gasteiger partial charge in [0.1, 0.15) is 5.82 Å². The summed E-state index contributed by atoms with van der Waals surface area (Å²) in [4.78, 5) is 16.6. The van der Waals surface area contributed by atoms with E-state index in [4.69, 9.17) is 5.73 Å². The number of benzene rings is 1. The van der Waals surface area contributed by atoms with E-state index in [0.717, 1.165) is 25.2 Å². The third-order valence-electron chi connectivity index (χ3n) is 5.00. The van der Waals surface area contributed by atoms with E-state index in [1.807, 2.05) is 4.90 Å². The van der Waals surface area contributed by atoms with Crippen LogP contribution in [0, 0.1) is 11.7 Å². The molecule has 1 amide bonds. The number of nitrogens with two attached hydrogens (primary N) is 1. The molecular formula is C17H24FN3O2. The quantitative estimate of drug-likeness (QED) is 0.851. The highest BCUT2D eigenvalue weighted by molar-refractivity contribution is 5.79. The number of aliphatic hydroxyl groups excluding tert-OH is 1. The van der Waals surface area contributed by atoms with Crippen LogP contribution in [0.15, 0.2) is 24.3 Å². The SMILES string of the molecule is N[C@@H]1CC[C@H](C(=O)N2CCN(c3ccc(F)cc3)CC2)C[C@H]1O. The zero-order valence-electron chi connectivity index (χ0n) is 13.2. The van der Waals surface area contributed by atoms with Crippen molar-refractivity contribution in [3.05, 3.63) is 30.1 Å². The Bertz CT molecular complexity index is 543. The summed E-state index contributed by atoms with van der Waals surface area (Å²) < 4.78 is 13.0. The summed E-state index contributed by atoms with van der Waals surface area (Å²) in [5.41, 5.74) is 6.79. The highest BCUT2D eigenvalue weighted by Gasteiger charge is 2.34. The van der Waals surface area contributed by atoms with Crippen LogP contribution in [-0.4, -0.2) is 54.2 Å². The Labute approximate surface area is 135 Å². The number of anilines is 1. The summed E-state index contributed by atoms with van der Waals surface area (Å²) in [5.74, 6) is -0.214. The molecule has 3 atom stereocenters. The molecule has 1 aromatic rings. The standard InChI is InChI=1S/C17H24FN3O2/c18-13-2-4-14(5-3-13)20-7-9-21(10-8-20)17(23)12-1-6-15(19)16(22)11-12/h2-5,12,15-16,22H,1,6-11,19H2/t12-,15+,16+/m0/s1. The van der Waals surface area contributed by atoms with Gasteiger partial charge in [-0.3, -0.25) is 4.79 Å². The molecule has 3 N–H and O–H groups in total. The van der Waals surface area contributed by atoms with Crippen LogP contribution >= 0.6 is 0 Å². The van der Waals surface area contributed by atoms with E-state index >= 15 is 0 Å². The van der Waals surface area contributed by atoms with Crippen molar-refractivity contribution in [2.24, 2.45) is 11.7 Å². The Kier molecular flexibility index (Phi) is 4.82. The molecular weight excluding hydrogens is 297 g/mol. The third kappa shape index (κ3) is 3.64. The topological polar surface area (TPSA) is 69.8 Å². The number of carbonyl (C=O) groups is 1. The maximum absolute atomic E-state index is 13.0. The van der Waals surface area contributed by atoms with Crippen LogP contribution in [0.2, 0.25) is 0 Å². The zero-order valence-corrected chi connectivity index (χ0v) is 13.2. The number of rotatable bonds is 2. The fourth-order valence-corrected chi connectivity index (χ4v) is 3.49. The van der Waals surface area contributed by atoms with Gasteiger partial charge in [0.05, 0.1) is 6.10 Å². The van der Waals surface area contributed by atoms with Gasteiger partial charge in [0, 0.05) is 43.8 Å². The molecule has 0 unspecified atom stereocenters. The summed E-state index contributed by atoms with van der Waals surface area (Å²) in [5, 5.41) is 9.87. The summed E-state index contributed by atoms with van der Waals surface area (Å²) in [6.45, 7) is 2.81. The molecule has 0 bridgehead atoms.